The maximum absolute atomic E-state index is 13.0. The van der Waals surface area contributed by atoms with Crippen LogP contribution in [0.25, 0.3) is 0 Å². The molecule has 0 saturated carbocycles. The highest BCUT2D eigenvalue weighted by molar-refractivity contribution is 5.86. The molecule has 1 aliphatic heterocycles. The third kappa shape index (κ3) is 3.59. The summed E-state index contributed by atoms with van der Waals surface area (Å²) in [5.74, 6) is 1.13. The number of nitrogens with zero attached hydrogens (tertiary/aromatic N) is 1. The molecule has 130 valence electrons. The Labute approximate surface area is 152 Å². The molecule has 1 aliphatic rings. The van der Waals surface area contributed by atoms with E-state index in [9.17, 15) is 4.39 Å². The average molecular weight is 346 g/mol. The summed E-state index contributed by atoms with van der Waals surface area (Å²) >= 11 is 0. The lowest BCUT2D eigenvalue weighted by atomic mass is 9.95. The Bertz CT molecular complexity index is 879. The third-order valence-corrected chi connectivity index (χ3v) is 4.42. The Kier molecular flexibility index (Phi) is 4.65. The summed E-state index contributed by atoms with van der Waals surface area (Å²) in [6, 6.07) is 26.6. The van der Waals surface area contributed by atoms with E-state index in [4.69, 9.17) is 9.73 Å². The summed E-state index contributed by atoms with van der Waals surface area (Å²) in [6.45, 7) is 0.318. The van der Waals surface area contributed by atoms with E-state index in [1.807, 2.05) is 36.4 Å². The van der Waals surface area contributed by atoms with Crippen molar-refractivity contribution in [1.29, 1.82) is 0 Å². The van der Waals surface area contributed by atoms with Gasteiger partial charge in [0.2, 0.25) is 0 Å². The predicted molar refractivity (Wildman–Crippen MR) is 101 cm³/mol. The van der Waals surface area contributed by atoms with E-state index >= 15 is 0 Å². The van der Waals surface area contributed by atoms with Crippen LogP contribution in [0.4, 0.5) is 4.39 Å². The number of hydrogen-bond acceptors (Lipinski definition) is 3. The second-order valence-electron chi connectivity index (χ2n) is 6.21. The number of aliphatic imine (C=N–C) groups is 1. The minimum Gasteiger partial charge on any atom is -0.486 e. The fourth-order valence-electron chi connectivity index (χ4n) is 3.14. The quantitative estimate of drug-likeness (QED) is 0.727. The lowest BCUT2D eigenvalue weighted by molar-refractivity contribution is 0.372. The summed E-state index contributed by atoms with van der Waals surface area (Å²) in [6.07, 6.45) is 0. The summed E-state index contributed by atoms with van der Waals surface area (Å²) in [4.78, 5) is 4.86. The maximum Gasteiger partial charge on any atom is 0.145 e. The first-order valence-corrected chi connectivity index (χ1v) is 8.61. The van der Waals surface area contributed by atoms with Crippen molar-refractivity contribution < 1.29 is 9.13 Å². The molecule has 0 aliphatic carbocycles. The van der Waals surface area contributed by atoms with Gasteiger partial charge in [0.15, 0.2) is 0 Å². The van der Waals surface area contributed by atoms with E-state index in [0.717, 1.165) is 11.4 Å². The van der Waals surface area contributed by atoms with Gasteiger partial charge in [0.25, 0.3) is 0 Å². The van der Waals surface area contributed by atoms with Crippen molar-refractivity contribution in [2.45, 2.75) is 12.1 Å². The van der Waals surface area contributed by atoms with Gasteiger partial charge in [-0.15, -0.1) is 0 Å². The van der Waals surface area contributed by atoms with Crippen molar-refractivity contribution in [3.8, 4) is 5.75 Å². The molecule has 26 heavy (non-hydrogen) atoms. The van der Waals surface area contributed by atoms with Crippen LogP contribution in [0.15, 0.2) is 89.9 Å². The van der Waals surface area contributed by atoms with Crippen LogP contribution in [0.1, 0.15) is 23.2 Å². The van der Waals surface area contributed by atoms with E-state index in [2.05, 4.69) is 29.6 Å². The zero-order valence-electron chi connectivity index (χ0n) is 14.2. The maximum atomic E-state index is 13.0. The highest BCUT2D eigenvalue weighted by Crippen LogP contribution is 2.35. The molecule has 3 aromatic rings. The molecular formula is C22H19FN2O. The molecule has 3 aromatic carbocycles. The minimum atomic E-state index is -0.276. The Balaban J connectivity index is 1.55. The molecule has 4 rings (SSSR count). The Morgan fingerprint density at radius 1 is 0.808 bits per heavy atom. The summed E-state index contributed by atoms with van der Waals surface area (Å²) in [7, 11) is 0. The van der Waals surface area contributed by atoms with E-state index in [-0.39, 0.29) is 17.9 Å². The molecule has 0 spiro atoms. The molecule has 2 atom stereocenters. The highest BCUT2D eigenvalue weighted by Gasteiger charge is 2.31. The number of benzene rings is 3. The fraction of sp³-hybridized carbons (Fsp3) is 0.136. The Morgan fingerprint density at radius 2 is 1.42 bits per heavy atom. The van der Waals surface area contributed by atoms with E-state index in [1.165, 1.54) is 17.7 Å². The van der Waals surface area contributed by atoms with Crippen LogP contribution in [0.3, 0.4) is 0 Å². The molecule has 0 aromatic heterocycles. The molecule has 1 heterocycles. The van der Waals surface area contributed by atoms with Crippen LogP contribution in [0, 0.1) is 5.82 Å². The van der Waals surface area contributed by atoms with Gasteiger partial charge in [-0.05, 0) is 35.4 Å². The van der Waals surface area contributed by atoms with Crippen LogP contribution in [-0.4, -0.2) is 12.4 Å². The second-order valence-corrected chi connectivity index (χ2v) is 6.21. The topological polar surface area (TPSA) is 33.6 Å². The SMILES string of the molecule is Fc1ccc(OCC2=N[C@@H](c3ccccc3)C(c3ccccc3)N2)cc1. The Morgan fingerprint density at radius 3 is 2.08 bits per heavy atom. The second kappa shape index (κ2) is 7.40. The van der Waals surface area contributed by atoms with Gasteiger partial charge < -0.3 is 10.1 Å². The molecule has 3 nitrogen and oxygen atoms in total. The summed E-state index contributed by atoms with van der Waals surface area (Å²) in [5, 5.41) is 3.49. The first kappa shape index (κ1) is 16.3. The van der Waals surface area contributed by atoms with E-state index in [0.29, 0.717) is 12.4 Å². The van der Waals surface area contributed by atoms with Crippen molar-refractivity contribution >= 4 is 5.84 Å². The number of rotatable bonds is 5. The molecular weight excluding hydrogens is 327 g/mol. The van der Waals surface area contributed by atoms with Crippen LogP contribution in [0.5, 0.6) is 5.75 Å². The van der Waals surface area contributed by atoms with Crippen LogP contribution >= 0.6 is 0 Å². The van der Waals surface area contributed by atoms with Crippen LogP contribution < -0.4 is 10.1 Å². The van der Waals surface area contributed by atoms with Crippen LogP contribution in [-0.2, 0) is 0 Å². The van der Waals surface area contributed by atoms with Gasteiger partial charge in [0, 0.05) is 0 Å². The molecule has 4 heteroatoms. The third-order valence-electron chi connectivity index (χ3n) is 4.42. The van der Waals surface area contributed by atoms with Gasteiger partial charge in [-0.1, -0.05) is 60.7 Å². The highest BCUT2D eigenvalue weighted by atomic mass is 19.1. The molecule has 0 radical (unpaired) electrons. The van der Waals surface area contributed by atoms with Gasteiger partial charge in [-0.25, -0.2) is 4.39 Å². The molecule has 0 fully saturated rings. The largest absolute Gasteiger partial charge is 0.486 e. The summed E-state index contributed by atoms with van der Waals surface area (Å²) in [5.41, 5.74) is 2.34. The molecule has 1 unspecified atom stereocenters. The lowest BCUT2D eigenvalue weighted by Gasteiger charge is -2.19. The fourth-order valence-corrected chi connectivity index (χ4v) is 3.14. The van der Waals surface area contributed by atoms with Crippen LogP contribution in [0.2, 0.25) is 0 Å². The zero-order valence-corrected chi connectivity index (χ0v) is 14.2. The van der Waals surface area contributed by atoms with Gasteiger partial charge in [0.1, 0.15) is 30.1 Å². The van der Waals surface area contributed by atoms with E-state index in [1.54, 1.807) is 12.1 Å². The molecule has 0 saturated heterocycles. The standard InChI is InChI=1S/C22H19FN2O/c23-18-11-13-19(14-12-18)26-15-20-24-21(16-7-3-1-4-8-16)22(25-20)17-9-5-2-6-10-17/h1-14,21-22H,15H2,(H,24,25)/t21-,22?/m0/s1. The first-order chi connectivity index (χ1) is 12.8. The number of hydrogen-bond donors (Lipinski definition) is 1. The normalized spacial score (nSPS) is 18.9. The predicted octanol–water partition coefficient (Wildman–Crippen LogP) is 4.69. The average Bonchev–Trinajstić information content (AvgIpc) is 3.13. The number of amidine groups is 1. The van der Waals surface area contributed by atoms with Crippen molar-refractivity contribution in [2.75, 3.05) is 6.61 Å². The van der Waals surface area contributed by atoms with E-state index < -0.39 is 0 Å². The molecule has 0 bridgehead atoms. The van der Waals surface area contributed by atoms with Gasteiger partial charge in [0.05, 0.1) is 6.04 Å². The van der Waals surface area contributed by atoms with Crippen molar-refractivity contribution in [1.82, 2.24) is 5.32 Å². The number of halogens is 1. The number of nitrogens with one attached hydrogen (secondary N) is 1. The first-order valence-electron chi connectivity index (χ1n) is 8.61. The molecule has 0 amide bonds. The lowest BCUT2D eigenvalue weighted by Crippen LogP contribution is -2.28. The minimum absolute atomic E-state index is 0.00887. The van der Waals surface area contributed by atoms with Gasteiger partial charge >= 0.3 is 0 Å². The molecule has 1 N–H and O–H groups in total. The van der Waals surface area contributed by atoms with Crippen molar-refractivity contribution in [3.05, 3.63) is 102 Å². The monoisotopic (exact) mass is 346 g/mol. The number of ether oxygens (including phenoxy) is 1. The Hall–Kier alpha value is -3.14. The zero-order chi connectivity index (χ0) is 17.8. The van der Waals surface area contributed by atoms with Crippen molar-refractivity contribution in [3.63, 3.8) is 0 Å². The van der Waals surface area contributed by atoms with Crippen molar-refractivity contribution in [2.24, 2.45) is 4.99 Å². The smallest absolute Gasteiger partial charge is 0.145 e. The van der Waals surface area contributed by atoms with Gasteiger partial charge in [-0.2, -0.15) is 0 Å². The summed E-state index contributed by atoms with van der Waals surface area (Å²) < 4.78 is 18.8. The van der Waals surface area contributed by atoms with Gasteiger partial charge in [-0.3, -0.25) is 4.99 Å².